The Labute approximate surface area is 128 Å². The maximum Gasteiger partial charge on any atom is 0.360 e. The number of hydrogen-bond donors (Lipinski definition) is 0. The first-order valence-electron chi connectivity index (χ1n) is 6.92. The van der Waals surface area contributed by atoms with Crippen LogP contribution in [0.1, 0.15) is 41.2 Å². The fourth-order valence-corrected chi connectivity index (χ4v) is 2.27. The summed E-state index contributed by atoms with van der Waals surface area (Å²) in [4.78, 5) is 11.8. The number of halogens is 1. The van der Waals surface area contributed by atoms with Crippen molar-refractivity contribution in [1.82, 2.24) is 15.0 Å². The van der Waals surface area contributed by atoms with E-state index >= 15 is 0 Å². The molecule has 0 aliphatic rings. The summed E-state index contributed by atoms with van der Waals surface area (Å²) < 4.78 is 6.59. The molecule has 1 aromatic carbocycles. The number of benzene rings is 1. The lowest BCUT2D eigenvalue weighted by Crippen LogP contribution is -2.10. The number of carbonyl (C=O) groups is 1. The first-order chi connectivity index (χ1) is 10.2. The molecule has 0 atom stereocenters. The smallest absolute Gasteiger partial charge is 0.360 e. The minimum Gasteiger partial charge on any atom is -0.461 e. The van der Waals surface area contributed by atoms with E-state index in [-0.39, 0.29) is 11.6 Å². The van der Waals surface area contributed by atoms with Crippen LogP contribution in [0.3, 0.4) is 0 Å². The second-order valence-corrected chi connectivity index (χ2v) is 4.83. The second-order valence-electron chi connectivity index (χ2n) is 4.57. The number of rotatable bonds is 6. The van der Waals surface area contributed by atoms with Gasteiger partial charge in [-0.3, -0.25) is 0 Å². The zero-order valence-electron chi connectivity index (χ0n) is 12.2. The summed E-state index contributed by atoms with van der Waals surface area (Å²) in [5.74, 6) is -0.325. The van der Waals surface area contributed by atoms with Gasteiger partial charge in [0.25, 0.3) is 0 Å². The van der Waals surface area contributed by atoms with Crippen LogP contribution in [0.4, 0.5) is 0 Å². The van der Waals surface area contributed by atoms with Crippen molar-refractivity contribution in [2.45, 2.75) is 32.7 Å². The molecule has 0 saturated carbocycles. The monoisotopic (exact) mass is 307 g/mol. The molecule has 0 saturated heterocycles. The van der Waals surface area contributed by atoms with Crippen molar-refractivity contribution < 1.29 is 9.53 Å². The number of esters is 1. The summed E-state index contributed by atoms with van der Waals surface area (Å²) in [5, 5.41) is 7.90. The van der Waals surface area contributed by atoms with Crippen LogP contribution in [0.25, 0.3) is 0 Å². The molecule has 1 aromatic heterocycles. The molecule has 1 heterocycles. The normalized spacial score (nSPS) is 10.6. The number of aryl methyl sites for hydroxylation is 1. The number of aromatic nitrogens is 3. The molecule has 2 aromatic rings. The Morgan fingerprint density at radius 2 is 1.90 bits per heavy atom. The van der Waals surface area contributed by atoms with Crippen LogP contribution in [0.2, 0.25) is 0 Å². The van der Waals surface area contributed by atoms with Crippen LogP contribution in [0.15, 0.2) is 24.3 Å². The molecule has 0 unspecified atom stereocenters. The Hall–Kier alpha value is -1.88. The summed E-state index contributed by atoms with van der Waals surface area (Å²) in [6.07, 6.45) is 1.00. The van der Waals surface area contributed by atoms with Crippen molar-refractivity contribution in [1.29, 1.82) is 0 Å². The lowest BCUT2D eigenvalue weighted by Gasteiger charge is -2.06. The highest BCUT2D eigenvalue weighted by Gasteiger charge is 2.20. The third kappa shape index (κ3) is 3.61. The number of nitrogens with zero attached hydrogens (tertiary/aromatic N) is 3. The molecule has 112 valence electrons. The topological polar surface area (TPSA) is 57.0 Å². The predicted molar refractivity (Wildman–Crippen MR) is 80.5 cm³/mol. The van der Waals surface area contributed by atoms with E-state index in [9.17, 15) is 4.79 Å². The number of hydrogen-bond acceptors (Lipinski definition) is 4. The minimum atomic E-state index is -0.485. The van der Waals surface area contributed by atoms with Crippen molar-refractivity contribution >= 4 is 17.6 Å². The summed E-state index contributed by atoms with van der Waals surface area (Å²) in [5.41, 5.74) is 3.13. The van der Waals surface area contributed by atoms with E-state index in [1.807, 2.05) is 12.1 Å². The molecule has 5 nitrogen and oxygen atoms in total. The molecule has 0 N–H and O–H groups in total. The highest BCUT2D eigenvalue weighted by molar-refractivity contribution is 6.17. The van der Waals surface area contributed by atoms with Crippen molar-refractivity contribution in [2.24, 2.45) is 0 Å². The van der Waals surface area contributed by atoms with Crippen LogP contribution in [0, 0.1) is 0 Å². The highest BCUT2D eigenvalue weighted by atomic mass is 35.5. The van der Waals surface area contributed by atoms with Crippen molar-refractivity contribution in [3.8, 4) is 0 Å². The second kappa shape index (κ2) is 7.22. The van der Waals surface area contributed by atoms with Crippen molar-refractivity contribution in [2.75, 3.05) is 6.61 Å². The average molecular weight is 308 g/mol. The Bertz CT molecular complexity index is 608. The van der Waals surface area contributed by atoms with Crippen LogP contribution < -0.4 is 0 Å². The average Bonchev–Trinajstić information content (AvgIpc) is 2.91. The Morgan fingerprint density at radius 3 is 2.48 bits per heavy atom. The number of ether oxygens (including phenoxy) is 1. The van der Waals surface area contributed by atoms with Gasteiger partial charge in [0.1, 0.15) is 0 Å². The fourth-order valence-electron chi connectivity index (χ4n) is 2.00. The van der Waals surface area contributed by atoms with E-state index in [1.54, 1.807) is 11.6 Å². The summed E-state index contributed by atoms with van der Waals surface area (Å²) in [7, 11) is 0. The summed E-state index contributed by atoms with van der Waals surface area (Å²) in [6, 6.07) is 8.25. The Morgan fingerprint density at radius 1 is 1.24 bits per heavy atom. The third-order valence-corrected chi connectivity index (χ3v) is 3.45. The van der Waals surface area contributed by atoms with Gasteiger partial charge >= 0.3 is 5.97 Å². The third-order valence-electron chi connectivity index (χ3n) is 3.20. The van der Waals surface area contributed by atoms with Gasteiger partial charge in [0.15, 0.2) is 5.69 Å². The molecule has 0 spiro atoms. The molecule has 0 bridgehead atoms. The Kier molecular flexibility index (Phi) is 5.33. The standard InChI is InChI=1S/C15H18ClN3O2/c1-3-11-5-7-12(8-6-11)10-19-13(9-16)14(17-18-19)15(20)21-4-2/h5-8H,3-4,9-10H2,1-2H3. The van der Waals surface area contributed by atoms with Gasteiger partial charge in [-0.25, -0.2) is 9.48 Å². The molecule has 21 heavy (non-hydrogen) atoms. The van der Waals surface area contributed by atoms with Gasteiger partial charge < -0.3 is 4.74 Å². The molecule has 6 heteroatoms. The van der Waals surface area contributed by atoms with Gasteiger partial charge in [-0.2, -0.15) is 0 Å². The maximum atomic E-state index is 11.8. The van der Waals surface area contributed by atoms with E-state index in [4.69, 9.17) is 16.3 Å². The van der Waals surface area contributed by atoms with Crippen LogP contribution in [-0.2, 0) is 23.6 Å². The predicted octanol–water partition coefficient (Wildman–Crippen LogP) is 2.80. The van der Waals surface area contributed by atoms with Gasteiger partial charge in [0.2, 0.25) is 0 Å². The molecule has 0 aliphatic carbocycles. The SMILES string of the molecule is CCOC(=O)c1nnn(Cc2ccc(CC)cc2)c1CCl. The van der Waals surface area contributed by atoms with Crippen LogP contribution >= 0.6 is 11.6 Å². The van der Waals surface area contributed by atoms with E-state index < -0.39 is 5.97 Å². The molecular weight excluding hydrogens is 290 g/mol. The van der Waals surface area contributed by atoms with Gasteiger partial charge in [-0.1, -0.05) is 36.4 Å². The summed E-state index contributed by atoms with van der Waals surface area (Å²) in [6.45, 7) is 4.69. The zero-order valence-corrected chi connectivity index (χ0v) is 12.9. The zero-order chi connectivity index (χ0) is 15.2. The van der Waals surface area contributed by atoms with E-state index in [2.05, 4.69) is 29.4 Å². The minimum absolute atomic E-state index is 0.161. The van der Waals surface area contributed by atoms with Crippen LogP contribution in [0.5, 0.6) is 0 Å². The largest absolute Gasteiger partial charge is 0.461 e. The molecule has 2 rings (SSSR count). The maximum absolute atomic E-state index is 11.8. The first-order valence-corrected chi connectivity index (χ1v) is 7.46. The lowest BCUT2D eigenvalue weighted by atomic mass is 10.1. The van der Waals surface area contributed by atoms with Gasteiger partial charge in [-0.15, -0.1) is 16.7 Å². The van der Waals surface area contributed by atoms with Gasteiger partial charge in [0, 0.05) is 0 Å². The lowest BCUT2D eigenvalue weighted by molar-refractivity contribution is 0.0518. The van der Waals surface area contributed by atoms with Gasteiger partial charge in [0.05, 0.1) is 24.7 Å². The fraction of sp³-hybridized carbons (Fsp3) is 0.400. The number of alkyl halides is 1. The van der Waals surface area contributed by atoms with E-state index in [0.717, 1.165) is 12.0 Å². The molecular formula is C15H18ClN3O2. The highest BCUT2D eigenvalue weighted by Crippen LogP contribution is 2.13. The van der Waals surface area contributed by atoms with Crippen LogP contribution in [-0.4, -0.2) is 27.6 Å². The molecule has 0 amide bonds. The quantitative estimate of drug-likeness (QED) is 0.608. The van der Waals surface area contributed by atoms with Crippen molar-refractivity contribution in [3.05, 3.63) is 46.8 Å². The molecule has 0 aliphatic heterocycles. The summed E-state index contributed by atoms with van der Waals surface area (Å²) >= 11 is 5.93. The van der Waals surface area contributed by atoms with E-state index in [1.165, 1.54) is 5.56 Å². The molecule has 0 radical (unpaired) electrons. The molecule has 0 fully saturated rings. The first kappa shape index (κ1) is 15.5. The number of carbonyl (C=O) groups excluding carboxylic acids is 1. The Balaban J connectivity index is 2.21. The van der Waals surface area contributed by atoms with Gasteiger partial charge in [-0.05, 0) is 24.5 Å². The van der Waals surface area contributed by atoms with Crippen molar-refractivity contribution in [3.63, 3.8) is 0 Å². The van der Waals surface area contributed by atoms with E-state index in [0.29, 0.717) is 18.8 Å².